The second-order valence-corrected chi connectivity index (χ2v) is 4.55. The maximum atomic E-state index is 11.9. The Morgan fingerprint density at radius 2 is 1.85 bits per heavy atom. The minimum absolute atomic E-state index is 0.126. The van der Waals surface area contributed by atoms with Crippen LogP contribution < -0.4 is 5.56 Å². The fourth-order valence-electron chi connectivity index (χ4n) is 2.51. The van der Waals surface area contributed by atoms with Crippen molar-refractivity contribution in [1.29, 1.82) is 0 Å². The van der Waals surface area contributed by atoms with Crippen molar-refractivity contribution in [1.82, 2.24) is 19.9 Å². The molecule has 0 aromatic carbocycles. The van der Waals surface area contributed by atoms with Crippen molar-refractivity contribution in [2.75, 3.05) is 0 Å². The van der Waals surface area contributed by atoms with Crippen LogP contribution in [-0.2, 0) is 0 Å². The number of H-pyrrole nitrogens is 2. The van der Waals surface area contributed by atoms with Gasteiger partial charge in [0.1, 0.15) is 5.65 Å². The molecule has 0 aliphatic rings. The zero-order valence-electron chi connectivity index (χ0n) is 10.4. The van der Waals surface area contributed by atoms with Crippen molar-refractivity contribution in [2.45, 2.75) is 0 Å². The lowest BCUT2D eigenvalue weighted by Crippen LogP contribution is -2.04. The predicted molar refractivity (Wildman–Crippen MR) is 77.5 cm³/mol. The molecule has 5 heteroatoms. The van der Waals surface area contributed by atoms with E-state index in [9.17, 15) is 4.79 Å². The molecule has 0 aliphatic heterocycles. The van der Waals surface area contributed by atoms with Crippen molar-refractivity contribution in [3.05, 3.63) is 59.5 Å². The molecule has 96 valence electrons. The number of pyridine rings is 3. The number of hydrogen-bond acceptors (Lipinski definition) is 3. The maximum Gasteiger partial charge on any atom is 0.257 e. The van der Waals surface area contributed by atoms with Gasteiger partial charge in [0.05, 0.1) is 5.39 Å². The monoisotopic (exact) mass is 262 g/mol. The standard InChI is InChI=1S/C15H10N4O/c20-15-12-8-19-14-13(10(12)3-6-17-15)11(7-18-14)9-1-4-16-5-2-9/h1-8H,(H,17,20)(H,18,19). The lowest BCUT2D eigenvalue weighted by atomic mass is 10.0. The van der Waals surface area contributed by atoms with Crippen molar-refractivity contribution < 1.29 is 0 Å². The molecule has 0 bridgehead atoms. The van der Waals surface area contributed by atoms with E-state index in [4.69, 9.17) is 0 Å². The highest BCUT2D eigenvalue weighted by Crippen LogP contribution is 2.31. The molecule has 0 atom stereocenters. The van der Waals surface area contributed by atoms with Crippen LogP contribution in [0.2, 0.25) is 0 Å². The molecule has 0 radical (unpaired) electrons. The average molecular weight is 262 g/mol. The quantitative estimate of drug-likeness (QED) is 0.553. The maximum absolute atomic E-state index is 11.9. The predicted octanol–water partition coefficient (Wildman–Crippen LogP) is 2.47. The van der Waals surface area contributed by atoms with Crippen LogP contribution in [0.15, 0.2) is 54.0 Å². The van der Waals surface area contributed by atoms with Gasteiger partial charge in [0.2, 0.25) is 0 Å². The highest BCUT2D eigenvalue weighted by Gasteiger charge is 2.11. The van der Waals surface area contributed by atoms with Crippen LogP contribution in [0.25, 0.3) is 32.9 Å². The smallest absolute Gasteiger partial charge is 0.257 e. The van der Waals surface area contributed by atoms with E-state index >= 15 is 0 Å². The molecule has 0 amide bonds. The first-order chi connectivity index (χ1) is 9.84. The first kappa shape index (κ1) is 10.9. The van der Waals surface area contributed by atoms with Gasteiger partial charge in [-0.25, -0.2) is 4.98 Å². The molecule has 0 saturated carbocycles. The summed E-state index contributed by atoms with van der Waals surface area (Å²) in [6, 6.07) is 5.78. The van der Waals surface area contributed by atoms with E-state index in [1.165, 1.54) is 0 Å². The number of nitrogens with one attached hydrogen (secondary N) is 2. The van der Waals surface area contributed by atoms with E-state index in [2.05, 4.69) is 19.9 Å². The molecule has 4 rings (SSSR count). The van der Waals surface area contributed by atoms with E-state index in [-0.39, 0.29) is 5.56 Å². The van der Waals surface area contributed by atoms with Crippen LogP contribution in [0.3, 0.4) is 0 Å². The summed E-state index contributed by atoms with van der Waals surface area (Å²) in [5.74, 6) is 0. The molecule has 0 unspecified atom stereocenters. The summed E-state index contributed by atoms with van der Waals surface area (Å²) in [6.07, 6.45) is 8.67. The summed E-state index contributed by atoms with van der Waals surface area (Å²) in [7, 11) is 0. The molecular formula is C15H10N4O. The van der Waals surface area contributed by atoms with Crippen molar-refractivity contribution >= 4 is 21.8 Å². The zero-order chi connectivity index (χ0) is 13.5. The molecule has 4 aromatic rings. The molecule has 0 saturated heterocycles. The second kappa shape index (κ2) is 4.03. The third-order valence-corrected chi connectivity index (χ3v) is 3.44. The molecule has 0 fully saturated rings. The number of fused-ring (bicyclic) bond motifs is 3. The van der Waals surface area contributed by atoms with Crippen LogP contribution in [0.5, 0.6) is 0 Å². The fourth-order valence-corrected chi connectivity index (χ4v) is 2.51. The molecule has 5 nitrogen and oxygen atoms in total. The van der Waals surface area contributed by atoms with Crippen LogP contribution in [-0.4, -0.2) is 19.9 Å². The van der Waals surface area contributed by atoms with Crippen molar-refractivity contribution in [3.8, 4) is 11.1 Å². The molecule has 0 spiro atoms. The summed E-state index contributed by atoms with van der Waals surface area (Å²) < 4.78 is 0. The summed E-state index contributed by atoms with van der Waals surface area (Å²) in [5.41, 5.74) is 2.71. The van der Waals surface area contributed by atoms with Gasteiger partial charge in [-0.2, -0.15) is 0 Å². The normalized spacial score (nSPS) is 11.2. The summed E-state index contributed by atoms with van der Waals surface area (Å²) >= 11 is 0. The zero-order valence-corrected chi connectivity index (χ0v) is 10.4. The van der Waals surface area contributed by atoms with Crippen molar-refractivity contribution in [3.63, 3.8) is 0 Å². The lowest BCUT2D eigenvalue weighted by molar-refractivity contribution is 1.26. The van der Waals surface area contributed by atoms with Crippen LogP contribution in [0, 0.1) is 0 Å². The Kier molecular flexibility index (Phi) is 2.20. The number of nitrogens with zero attached hydrogens (tertiary/aromatic N) is 2. The van der Waals surface area contributed by atoms with Gasteiger partial charge in [-0.15, -0.1) is 0 Å². The topological polar surface area (TPSA) is 74.4 Å². The molecule has 0 aliphatic carbocycles. The Balaban J connectivity index is 2.19. The van der Waals surface area contributed by atoms with Gasteiger partial charge in [-0.3, -0.25) is 9.78 Å². The Labute approximate surface area is 113 Å². The number of aromatic nitrogens is 4. The van der Waals surface area contributed by atoms with Crippen LogP contribution >= 0.6 is 0 Å². The Morgan fingerprint density at radius 3 is 2.70 bits per heavy atom. The largest absolute Gasteiger partial charge is 0.345 e. The SMILES string of the molecule is O=c1[nH]ccc2c1cnc1[nH]cc(-c3ccncc3)c12. The van der Waals surface area contributed by atoms with Crippen molar-refractivity contribution in [2.24, 2.45) is 0 Å². The first-order valence-electron chi connectivity index (χ1n) is 6.22. The van der Waals surface area contributed by atoms with Gasteiger partial charge in [-0.05, 0) is 23.8 Å². The number of hydrogen-bond donors (Lipinski definition) is 2. The van der Waals surface area contributed by atoms with E-state index in [1.54, 1.807) is 24.8 Å². The van der Waals surface area contributed by atoms with Gasteiger partial charge >= 0.3 is 0 Å². The first-order valence-corrected chi connectivity index (χ1v) is 6.22. The Bertz CT molecular complexity index is 969. The minimum atomic E-state index is -0.126. The van der Waals surface area contributed by atoms with Gasteiger partial charge in [-0.1, -0.05) is 0 Å². The van der Waals surface area contributed by atoms with E-state index in [0.717, 1.165) is 27.5 Å². The lowest BCUT2D eigenvalue weighted by Gasteiger charge is -2.02. The van der Waals surface area contributed by atoms with E-state index in [0.29, 0.717) is 5.39 Å². The van der Waals surface area contributed by atoms with E-state index in [1.807, 2.05) is 24.4 Å². The molecule has 4 aromatic heterocycles. The van der Waals surface area contributed by atoms with Gasteiger partial charge < -0.3 is 9.97 Å². The molecule has 4 heterocycles. The molecule has 2 N–H and O–H groups in total. The number of aromatic amines is 2. The Hall–Kier alpha value is -2.95. The third-order valence-electron chi connectivity index (χ3n) is 3.44. The molecular weight excluding hydrogens is 252 g/mol. The summed E-state index contributed by atoms with van der Waals surface area (Å²) in [6.45, 7) is 0. The second-order valence-electron chi connectivity index (χ2n) is 4.55. The van der Waals surface area contributed by atoms with Gasteiger partial charge in [0.15, 0.2) is 0 Å². The average Bonchev–Trinajstić information content (AvgIpc) is 2.93. The van der Waals surface area contributed by atoms with Gasteiger partial charge in [0, 0.05) is 47.3 Å². The number of rotatable bonds is 1. The van der Waals surface area contributed by atoms with Gasteiger partial charge in [0.25, 0.3) is 5.56 Å². The molecule has 20 heavy (non-hydrogen) atoms. The van der Waals surface area contributed by atoms with E-state index < -0.39 is 0 Å². The summed E-state index contributed by atoms with van der Waals surface area (Å²) in [4.78, 5) is 26.1. The fraction of sp³-hybridized carbons (Fsp3) is 0. The third kappa shape index (κ3) is 1.46. The highest BCUT2D eigenvalue weighted by molar-refractivity contribution is 6.11. The Morgan fingerprint density at radius 1 is 1.00 bits per heavy atom. The van der Waals surface area contributed by atoms with Crippen LogP contribution in [0.1, 0.15) is 0 Å². The summed E-state index contributed by atoms with van der Waals surface area (Å²) in [5, 5.41) is 2.45. The minimum Gasteiger partial charge on any atom is -0.345 e. The highest BCUT2D eigenvalue weighted by atomic mass is 16.1. The van der Waals surface area contributed by atoms with Crippen LogP contribution in [0.4, 0.5) is 0 Å².